The average Bonchev–Trinajstić information content (AvgIpc) is 3.05. The summed E-state index contributed by atoms with van der Waals surface area (Å²) in [6.07, 6.45) is 3.47. The molecule has 1 saturated heterocycles. The topological polar surface area (TPSA) is 77.3 Å². The molecule has 0 spiro atoms. The minimum absolute atomic E-state index is 0.256. The SMILES string of the molecule is CC1OC(Cn2cncn2)(c2ccc(Cl)cc2Cl)C(C)N1S(C)(=O)=O. The molecule has 136 valence electrons. The molecule has 0 amide bonds. The van der Waals surface area contributed by atoms with Gasteiger partial charge in [0, 0.05) is 15.6 Å². The number of hydrogen-bond acceptors (Lipinski definition) is 5. The first-order valence-electron chi connectivity index (χ1n) is 7.59. The Hall–Kier alpha value is -1.19. The van der Waals surface area contributed by atoms with Gasteiger partial charge in [-0.15, -0.1) is 0 Å². The van der Waals surface area contributed by atoms with Gasteiger partial charge >= 0.3 is 0 Å². The smallest absolute Gasteiger partial charge is 0.213 e. The van der Waals surface area contributed by atoms with Crippen molar-refractivity contribution in [3.63, 3.8) is 0 Å². The molecule has 25 heavy (non-hydrogen) atoms. The van der Waals surface area contributed by atoms with Crippen LogP contribution >= 0.6 is 23.2 Å². The van der Waals surface area contributed by atoms with Crippen molar-refractivity contribution in [2.45, 2.75) is 38.3 Å². The molecule has 0 saturated carbocycles. The van der Waals surface area contributed by atoms with Crippen molar-refractivity contribution in [1.29, 1.82) is 0 Å². The summed E-state index contributed by atoms with van der Waals surface area (Å²) in [6, 6.07) is 4.57. The maximum absolute atomic E-state index is 12.3. The number of sulfonamides is 1. The molecule has 3 atom stereocenters. The molecule has 3 rings (SSSR count). The summed E-state index contributed by atoms with van der Waals surface area (Å²) in [7, 11) is -3.49. The molecule has 1 aliphatic rings. The van der Waals surface area contributed by atoms with E-state index in [1.807, 2.05) is 0 Å². The maximum atomic E-state index is 12.3. The Morgan fingerprint density at radius 1 is 1.32 bits per heavy atom. The van der Waals surface area contributed by atoms with Gasteiger partial charge in [-0.05, 0) is 26.0 Å². The van der Waals surface area contributed by atoms with Gasteiger partial charge in [0.2, 0.25) is 10.0 Å². The van der Waals surface area contributed by atoms with Crippen LogP contribution in [0.15, 0.2) is 30.9 Å². The van der Waals surface area contributed by atoms with Gasteiger partial charge in [0.15, 0.2) is 0 Å². The average molecular weight is 405 g/mol. The number of halogens is 2. The molecule has 3 unspecified atom stereocenters. The third-order valence-electron chi connectivity index (χ3n) is 4.43. The summed E-state index contributed by atoms with van der Waals surface area (Å²) in [5.41, 5.74) is -0.378. The van der Waals surface area contributed by atoms with Crippen LogP contribution in [0.5, 0.6) is 0 Å². The van der Waals surface area contributed by atoms with E-state index in [1.165, 1.54) is 16.9 Å². The largest absolute Gasteiger partial charge is 0.348 e. The maximum Gasteiger partial charge on any atom is 0.213 e. The van der Waals surface area contributed by atoms with Crippen molar-refractivity contribution in [2.75, 3.05) is 6.26 Å². The van der Waals surface area contributed by atoms with Gasteiger partial charge in [0.25, 0.3) is 0 Å². The van der Waals surface area contributed by atoms with Gasteiger partial charge < -0.3 is 4.74 Å². The fraction of sp³-hybridized carbons (Fsp3) is 0.467. The zero-order valence-corrected chi connectivity index (χ0v) is 16.3. The van der Waals surface area contributed by atoms with Crippen molar-refractivity contribution in [3.8, 4) is 0 Å². The molecular weight excluding hydrogens is 387 g/mol. The van der Waals surface area contributed by atoms with Crippen molar-refractivity contribution >= 4 is 33.2 Å². The van der Waals surface area contributed by atoms with E-state index in [0.717, 1.165) is 0 Å². The lowest BCUT2D eigenvalue weighted by Gasteiger charge is -2.34. The normalized spacial score (nSPS) is 27.7. The fourth-order valence-electron chi connectivity index (χ4n) is 3.46. The Morgan fingerprint density at radius 3 is 2.56 bits per heavy atom. The van der Waals surface area contributed by atoms with Crippen molar-refractivity contribution in [2.24, 2.45) is 0 Å². The molecule has 0 bridgehead atoms. The summed E-state index contributed by atoms with van der Waals surface area (Å²) < 4.78 is 33.7. The lowest BCUT2D eigenvalue weighted by atomic mass is 9.87. The number of ether oxygens (including phenoxy) is 1. The standard InChI is InChI=1S/C15H18Cl2N4O3S/c1-10-15(7-20-9-18-8-19-20,13-5-4-12(16)6-14(13)17)24-11(2)21(10)25(3,22)23/h4-6,8-11H,7H2,1-3H3. The van der Waals surface area contributed by atoms with Crippen molar-refractivity contribution in [3.05, 3.63) is 46.5 Å². The zero-order valence-electron chi connectivity index (χ0n) is 13.9. The van der Waals surface area contributed by atoms with E-state index >= 15 is 0 Å². The first-order valence-corrected chi connectivity index (χ1v) is 10.2. The fourth-order valence-corrected chi connectivity index (χ4v) is 5.36. The second-order valence-electron chi connectivity index (χ2n) is 6.09. The van der Waals surface area contributed by atoms with E-state index in [9.17, 15) is 8.42 Å². The van der Waals surface area contributed by atoms with Gasteiger partial charge in [0.05, 0.1) is 18.8 Å². The van der Waals surface area contributed by atoms with Gasteiger partial charge in [-0.1, -0.05) is 29.3 Å². The first-order chi connectivity index (χ1) is 11.6. The summed E-state index contributed by atoms with van der Waals surface area (Å²) >= 11 is 12.5. The van der Waals surface area contributed by atoms with E-state index in [-0.39, 0.29) is 6.54 Å². The second kappa shape index (κ2) is 6.51. The summed E-state index contributed by atoms with van der Waals surface area (Å²) in [5.74, 6) is 0. The number of rotatable bonds is 4. The molecule has 0 aliphatic carbocycles. The molecule has 0 radical (unpaired) electrons. The van der Waals surface area contributed by atoms with E-state index in [2.05, 4.69) is 10.1 Å². The van der Waals surface area contributed by atoms with Crippen molar-refractivity contribution in [1.82, 2.24) is 19.1 Å². The van der Waals surface area contributed by atoms with Crippen molar-refractivity contribution < 1.29 is 13.2 Å². The van der Waals surface area contributed by atoms with Crippen LogP contribution in [0, 0.1) is 0 Å². The van der Waals surface area contributed by atoms with Crippen LogP contribution in [0.3, 0.4) is 0 Å². The van der Waals surface area contributed by atoms with E-state index < -0.39 is 27.9 Å². The molecule has 1 aliphatic heterocycles. The molecule has 1 fully saturated rings. The third-order valence-corrected chi connectivity index (χ3v) is 6.36. The van der Waals surface area contributed by atoms with E-state index in [4.69, 9.17) is 27.9 Å². The number of hydrogen-bond donors (Lipinski definition) is 0. The van der Waals surface area contributed by atoms with Crippen LogP contribution in [0.2, 0.25) is 10.0 Å². The predicted molar refractivity (Wildman–Crippen MR) is 94.9 cm³/mol. The second-order valence-corrected chi connectivity index (χ2v) is 8.82. The monoisotopic (exact) mass is 404 g/mol. The molecular formula is C15H18Cl2N4O3S. The summed E-state index contributed by atoms with van der Waals surface area (Å²) in [5, 5.41) is 5.03. The molecule has 2 heterocycles. The van der Waals surface area contributed by atoms with Crippen LogP contribution in [0.4, 0.5) is 0 Å². The minimum Gasteiger partial charge on any atom is -0.348 e. The van der Waals surface area contributed by atoms with Crippen LogP contribution in [-0.2, 0) is 26.9 Å². The Balaban J connectivity index is 2.17. The van der Waals surface area contributed by atoms with Crippen LogP contribution in [0.1, 0.15) is 19.4 Å². The summed E-state index contributed by atoms with van der Waals surface area (Å²) in [6.45, 7) is 3.75. The highest BCUT2D eigenvalue weighted by molar-refractivity contribution is 7.88. The Morgan fingerprint density at radius 2 is 2.04 bits per heavy atom. The predicted octanol–water partition coefficient (Wildman–Crippen LogP) is 2.51. The van der Waals surface area contributed by atoms with Crippen LogP contribution in [0.25, 0.3) is 0 Å². The zero-order chi connectivity index (χ0) is 18.4. The highest BCUT2D eigenvalue weighted by atomic mass is 35.5. The van der Waals surface area contributed by atoms with Gasteiger partial charge in [0.1, 0.15) is 24.5 Å². The Bertz CT molecular complexity index is 875. The highest BCUT2D eigenvalue weighted by Gasteiger charge is 2.55. The molecule has 10 heteroatoms. The quantitative estimate of drug-likeness (QED) is 0.781. The van der Waals surface area contributed by atoms with E-state index in [1.54, 1.807) is 43.1 Å². The van der Waals surface area contributed by atoms with Gasteiger partial charge in [-0.3, -0.25) is 0 Å². The van der Waals surface area contributed by atoms with Gasteiger partial charge in [-0.2, -0.15) is 9.40 Å². The number of benzene rings is 1. The van der Waals surface area contributed by atoms with E-state index in [0.29, 0.717) is 15.6 Å². The summed E-state index contributed by atoms with van der Waals surface area (Å²) in [4.78, 5) is 3.95. The van der Waals surface area contributed by atoms with Gasteiger partial charge in [-0.25, -0.2) is 18.1 Å². The minimum atomic E-state index is -3.49. The molecule has 1 aromatic heterocycles. The Kier molecular flexibility index (Phi) is 4.85. The third kappa shape index (κ3) is 3.29. The first kappa shape index (κ1) is 18.6. The molecule has 7 nitrogen and oxygen atoms in total. The highest BCUT2D eigenvalue weighted by Crippen LogP contribution is 2.46. The lowest BCUT2D eigenvalue weighted by Crippen LogP contribution is -2.46. The number of nitrogens with zero attached hydrogens (tertiary/aromatic N) is 4. The van der Waals surface area contributed by atoms with Crippen LogP contribution in [-0.4, -0.2) is 46.0 Å². The van der Waals surface area contributed by atoms with Crippen LogP contribution < -0.4 is 0 Å². The number of aromatic nitrogens is 3. The molecule has 1 aromatic carbocycles. The lowest BCUT2D eigenvalue weighted by molar-refractivity contribution is -0.0619. The Labute approximate surface area is 156 Å². The molecule has 2 aromatic rings. The molecule has 0 N–H and O–H groups in total.